The Morgan fingerprint density at radius 3 is 1.20 bits per heavy atom. The van der Waals surface area contributed by atoms with Crippen LogP contribution >= 0.6 is 0 Å². The predicted octanol–water partition coefficient (Wildman–Crippen LogP) is 1.93. The van der Waals surface area contributed by atoms with Gasteiger partial charge in [0.1, 0.15) is 17.2 Å². The number of aliphatic hydroxyl groups excluding tert-OH is 1. The second-order valence-electron chi connectivity index (χ2n) is 14.3. The fourth-order valence-corrected chi connectivity index (χ4v) is 11.6. The fourth-order valence-electron chi connectivity index (χ4n) is 6.63. The first kappa shape index (κ1) is 42.8. The van der Waals surface area contributed by atoms with Crippen molar-refractivity contribution in [3.8, 4) is 17.2 Å². The van der Waals surface area contributed by atoms with Crippen molar-refractivity contribution in [3.63, 3.8) is 0 Å². The normalized spacial score (nSPS) is 22.4. The van der Waals surface area contributed by atoms with E-state index in [4.69, 9.17) is 9.47 Å². The summed E-state index contributed by atoms with van der Waals surface area (Å²) in [6, 6.07) is 10.9. The highest BCUT2D eigenvalue weighted by Gasteiger charge is 2.38. The highest BCUT2D eigenvalue weighted by molar-refractivity contribution is 7.90. The van der Waals surface area contributed by atoms with E-state index in [1.54, 1.807) is 32.6 Å². The molecule has 19 heteroatoms. The van der Waals surface area contributed by atoms with Gasteiger partial charge in [-0.15, -0.1) is 0 Å². The van der Waals surface area contributed by atoms with E-state index in [9.17, 15) is 45.7 Å². The Balaban J connectivity index is 1.62. The number of aromatic hydroxyl groups is 3. The van der Waals surface area contributed by atoms with E-state index in [-0.39, 0.29) is 84.4 Å². The van der Waals surface area contributed by atoms with Crippen LogP contribution in [-0.2, 0) is 39.5 Å². The Morgan fingerprint density at radius 2 is 0.855 bits per heavy atom. The van der Waals surface area contributed by atoms with Gasteiger partial charge in [0.25, 0.3) is 0 Å². The smallest absolute Gasteiger partial charge is 0.243 e. The SMILES string of the molecule is Cc1ccc(O)cc1S(=O)(=O)N1CCN(C2COC(C)(C)OCC2O)CCN(S(=O)(=O)c2cc(O)ccc2C)CCN(S(=O)(=O)c2cc(O)ccc2C)CC1. The van der Waals surface area contributed by atoms with Gasteiger partial charge in [-0.25, -0.2) is 25.3 Å². The van der Waals surface area contributed by atoms with Gasteiger partial charge in [0.2, 0.25) is 30.1 Å². The first-order valence-corrected chi connectivity index (χ1v) is 22.0. The van der Waals surface area contributed by atoms with E-state index in [1.807, 2.05) is 0 Å². The molecule has 2 aliphatic rings. The summed E-state index contributed by atoms with van der Waals surface area (Å²) in [6.07, 6.45) is -1.11. The number of hydrogen-bond acceptors (Lipinski definition) is 13. The van der Waals surface area contributed by atoms with Gasteiger partial charge >= 0.3 is 0 Å². The van der Waals surface area contributed by atoms with Gasteiger partial charge in [0, 0.05) is 70.6 Å². The lowest BCUT2D eigenvalue weighted by molar-refractivity contribution is -0.204. The molecule has 0 spiro atoms. The number of aliphatic hydroxyl groups is 1. The monoisotopic (exact) mass is 826 g/mol. The van der Waals surface area contributed by atoms with Crippen molar-refractivity contribution in [2.24, 2.45) is 0 Å². The lowest BCUT2D eigenvalue weighted by Gasteiger charge is -2.37. The molecule has 3 aromatic rings. The molecule has 2 heterocycles. The molecule has 5 rings (SSSR count). The minimum atomic E-state index is -4.47. The lowest BCUT2D eigenvalue weighted by Crippen LogP contribution is -2.54. The number of rotatable bonds is 7. The average molecular weight is 827 g/mol. The van der Waals surface area contributed by atoms with Crippen molar-refractivity contribution in [3.05, 3.63) is 71.3 Å². The summed E-state index contributed by atoms with van der Waals surface area (Å²) >= 11 is 0. The molecule has 2 fully saturated rings. The predicted molar refractivity (Wildman–Crippen MR) is 202 cm³/mol. The summed E-state index contributed by atoms with van der Waals surface area (Å²) in [5.74, 6) is -1.93. The zero-order chi connectivity index (χ0) is 40.5. The van der Waals surface area contributed by atoms with Gasteiger partial charge in [0.15, 0.2) is 5.79 Å². The van der Waals surface area contributed by atoms with E-state index in [0.29, 0.717) is 16.7 Å². The maximum atomic E-state index is 14.4. The number of hydrogen-bond donors (Lipinski definition) is 4. The number of aryl methyl sites for hydroxylation is 3. The Morgan fingerprint density at radius 1 is 0.545 bits per heavy atom. The fraction of sp³-hybridized carbons (Fsp3) is 0.500. The number of phenols is 3. The average Bonchev–Trinajstić information content (AvgIpc) is 3.24. The molecule has 2 atom stereocenters. The first-order chi connectivity index (χ1) is 25.6. The van der Waals surface area contributed by atoms with Crippen LogP contribution in [0.3, 0.4) is 0 Å². The minimum Gasteiger partial charge on any atom is -0.508 e. The maximum Gasteiger partial charge on any atom is 0.243 e. The Labute approximate surface area is 323 Å². The second kappa shape index (κ2) is 16.6. The van der Waals surface area contributed by atoms with Crippen molar-refractivity contribution in [2.45, 2.75) is 67.2 Å². The highest BCUT2D eigenvalue weighted by Crippen LogP contribution is 2.29. The quantitative estimate of drug-likeness (QED) is 0.269. The van der Waals surface area contributed by atoms with Crippen molar-refractivity contribution < 1.29 is 55.2 Å². The van der Waals surface area contributed by atoms with Crippen LogP contribution in [0.5, 0.6) is 17.2 Å². The second-order valence-corrected chi connectivity index (χ2v) is 20.0. The number of benzene rings is 3. The summed E-state index contributed by atoms with van der Waals surface area (Å²) < 4.78 is 101. The van der Waals surface area contributed by atoms with Crippen molar-refractivity contribution in [1.29, 1.82) is 0 Å². The third-order valence-electron chi connectivity index (χ3n) is 9.96. The summed E-state index contributed by atoms with van der Waals surface area (Å²) in [7, 11) is -13.3. The third kappa shape index (κ3) is 9.61. The van der Waals surface area contributed by atoms with E-state index in [0.717, 1.165) is 31.1 Å². The van der Waals surface area contributed by atoms with E-state index in [1.165, 1.54) is 43.3 Å². The van der Waals surface area contributed by atoms with Crippen molar-refractivity contribution >= 4 is 30.1 Å². The molecule has 16 nitrogen and oxygen atoms in total. The van der Waals surface area contributed by atoms with Crippen LogP contribution in [0.25, 0.3) is 0 Å². The maximum absolute atomic E-state index is 14.4. The zero-order valence-corrected chi connectivity index (χ0v) is 33.9. The summed E-state index contributed by atoms with van der Waals surface area (Å²) in [5, 5.41) is 42.1. The highest BCUT2D eigenvalue weighted by atomic mass is 32.2. The zero-order valence-electron chi connectivity index (χ0n) is 31.5. The Hall–Kier alpha value is -3.37. The minimum absolute atomic E-state index is 0.0414. The van der Waals surface area contributed by atoms with Crippen LogP contribution in [0.15, 0.2) is 69.3 Å². The van der Waals surface area contributed by atoms with Crippen LogP contribution in [-0.4, -0.2) is 147 Å². The van der Waals surface area contributed by atoms with Gasteiger partial charge in [0.05, 0.1) is 40.0 Å². The molecule has 4 N–H and O–H groups in total. The van der Waals surface area contributed by atoms with E-state index in [2.05, 4.69) is 0 Å². The lowest BCUT2D eigenvalue weighted by atomic mass is 10.1. The third-order valence-corrected chi connectivity index (χ3v) is 16.1. The van der Waals surface area contributed by atoms with Gasteiger partial charge in [-0.1, -0.05) is 18.2 Å². The molecule has 0 radical (unpaired) electrons. The molecule has 2 saturated heterocycles. The molecule has 0 aromatic heterocycles. The van der Waals surface area contributed by atoms with E-state index >= 15 is 0 Å². The first-order valence-electron chi connectivity index (χ1n) is 17.7. The largest absolute Gasteiger partial charge is 0.508 e. The van der Waals surface area contributed by atoms with Gasteiger partial charge in [-0.2, -0.15) is 12.9 Å². The number of phenolic OH excluding ortho intramolecular Hbond substituents is 3. The molecule has 304 valence electrons. The number of nitrogens with zero attached hydrogens (tertiary/aromatic N) is 4. The van der Waals surface area contributed by atoms with Gasteiger partial charge in [-0.3, -0.25) is 4.90 Å². The molecule has 3 aromatic carbocycles. The molecule has 0 amide bonds. The van der Waals surface area contributed by atoms with Crippen molar-refractivity contribution in [2.75, 3.05) is 65.6 Å². The summed E-state index contributed by atoms with van der Waals surface area (Å²) in [6.45, 7) is 5.69. The van der Waals surface area contributed by atoms with Crippen LogP contribution in [0, 0.1) is 20.8 Å². The summed E-state index contributed by atoms with van der Waals surface area (Å²) in [4.78, 5) is 1.12. The van der Waals surface area contributed by atoms with Gasteiger partial charge in [-0.05, 0) is 69.5 Å². The number of sulfonamides is 3. The molecule has 2 aliphatic heterocycles. The molecule has 0 saturated carbocycles. The topological polar surface area (TPSA) is 215 Å². The van der Waals surface area contributed by atoms with Crippen LogP contribution in [0.1, 0.15) is 30.5 Å². The van der Waals surface area contributed by atoms with Crippen LogP contribution < -0.4 is 0 Å². The molecule has 0 bridgehead atoms. The van der Waals surface area contributed by atoms with Gasteiger partial charge < -0.3 is 29.9 Å². The summed E-state index contributed by atoms with van der Waals surface area (Å²) in [5.41, 5.74) is 0.988. The molecular weight excluding hydrogens is 777 g/mol. The Kier molecular flexibility index (Phi) is 12.9. The Bertz CT molecular complexity index is 2100. The molecule has 0 aliphatic carbocycles. The molecule has 2 unspecified atom stereocenters. The number of ether oxygens (including phenoxy) is 2. The molecular formula is C36H50N4O12S3. The van der Waals surface area contributed by atoms with Crippen molar-refractivity contribution in [1.82, 2.24) is 17.8 Å². The van der Waals surface area contributed by atoms with E-state index < -0.39 is 61.1 Å². The van der Waals surface area contributed by atoms with Crippen LogP contribution in [0.2, 0.25) is 0 Å². The standard InChI is InChI=1S/C36H50N4O12S3/c1-25-6-9-28(41)20-33(25)53(45,46)38-14-12-37(31-23-51-36(4,5)52-24-32(31)44)13-15-39(54(47,48)34-21-29(42)10-7-26(34)2)17-19-40(18-16-38)55(49,50)35-22-30(43)11-8-27(35)3/h6-11,20-22,31-32,41-44H,12-19,23-24H2,1-5H3. The molecule has 55 heavy (non-hydrogen) atoms. The van der Waals surface area contributed by atoms with Crippen LogP contribution in [0.4, 0.5) is 0 Å².